The van der Waals surface area contributed by atoms with E-state index >= 15 is 0 Å². The molecule has 11 heteroatoms. The van der Waals surface area contributed by atoms with Crippen molar-refractivity contribution in [2.75, 3.05) is 30.4 Å². The lowest BCUT2D eigenvalue weighted by atomic mass is 10.2. The van der Waals surface area contributed by atoms with Crippen molar-refractivity contribution < 1.29 is 18.0 Å². The summed E-state index contributed by atoms with van der Waals surface area (Å²) < 4.78 is 37.4. The molecule has 1 amide bonds. The Hall–Kier alpha value is -1.26. The average molecular weight is 374 g/mol. The summed E-state index contributed by atoms with van der Waals surface area (Å²) in [4.78, 5) is 18.6. The number of nitrogens with zero attached hydrogens (tertiary/aromatic N) is 2. The molecular formula is C12H19ClF3N5OS. The first-order valence-corrected chi connectivity index (χ1v) is 7.90. The third-order valence-electron chi connectivity index (χ3n) is 2.62. The Kier molecular flexibility index (Phi) is 9.93. The molecule has 0 aromatic carbocycles. The van der Waals surface area contributed by atoms with E-state index in [1.54, 1.807) is 11.8 Å². The van der Waals surface area contributed by atoms with Crippen LogP contribution in [-0.2, 0) is 11.0 Å². The van der Waals surface area contributed by atoms with Crippen LogP contribution >= 0.6 is 24.2 Å². The van der Waals surface area contributed by atoms with Crippen molar-refractivity contribution in [3.63, 3.8) is 0 Å². The SMILES string of the molecule is CSCC[C@H](N)C(=O)NCCNc1nccc(C(F)(F)F)n1.Cl. The first-order chi connectivity index (χ1) is 10.3. The number of alkyl halides is 3. The monoisotopic (exact) mass is 373 g/mol. The molecule has 0 aliphatic rings. The first-order valence-electron chi connectivity index (χ1n) is 6.51. The Morgan fingerprint density at radius 1 is 1.43 bits per heavy atom. The second-order valence-corrected chi connectivity index (χ2v) is 5.35. The number of aromatic nitrogens is 2. The number of thioether (sulfide) groups is 1. The molecule has 1 aromatic heterocycles. The van der Waals surface area contributed by atoms with Crippen LogP contribution in [0.4, 0.5) is 19.1 Å². The number of hydrogen-bond acceptors (Lipinski definition) is 6. The Bertz CT molecular complexity index is 492. The number of amides is 1. The summed E-state index contributed by atoms with van der Waals surface area (Å²) in [6.45, 7) is 0.410. The van der Waals surface area contributed by atoms with E-state index in [9.17, 15) is 18.0 Å². The van der Waals surface area contributed by atoms with Gasteiger partial charge in [0.25, 0.3) is 0 Å². The van der Waals surface area contributed by atoms with E-state index < -0.39 is 17.9 Å². The quantitative estimate of drug-likeness (QED) is 0.598. The van der Waals surface area contributed by atoms with Gasteiger partial charge in [-0.3, -0.25) is 4.79 Å². The Morgan fingerprint density at radius 2 is 2.13 bits per heavy atom. The standard InChI is InChI=1S/C12H18F3N5OS.ClH/c1-22-7-3-8(16)10(21)17-5-6-19-11-18-4-2-9(20-11)12(13,14)15;/h2,4,8H,3,5-7,16H2,1H3,(H,17,21)(H,18,19,20);1H/t8-;/m0./s1. The minimum atomic E-state index is -4.52. The maximum atomic E-state index is 12.5. The molecule has 1 rings (SSSR count). The highest BCUT2D eigenvalue weighted by Crippen LogP contribution is 2.27. The molecule has 0 saturated heterocycles. The maximum Gasteiger partial charge on any atom is 0.433 e. The molecule has 0 fully saturated rings. The Morgan fingerprint density at radius 3 is 2.74 bits per heavy atom. The van der Waals surface area contributed by atoms with E-state index in [-0.39, 0.29) is 37.4 Å². The molecular weight excluding hydrogens is 355 g/mol. The fraction of sp³-hybridized carbons (Fsp3) is 0.583. The van der Waals surface area contributed by atoms with E-state index in [1.165, 1.54) is 0 Å². The van der Waals surface area contributed by atoms with Crippen LogP contribution in [0.25, 0.3) is 0 Å². The van der Waals surface area contributed by atoms with Crippen molar-refractivity contribution in [2.24, 2.45) is 5.73 Å². The smallest absolute Gasteiger partial charge is 0.353 e. The zero-order valence-electron chi connectivity index (χ0n) is 12.4. The average Bonchev–Trinajstić information content (AvgIpc) is 2.48. The third-order valence-corrected chi connectivity index (χ3v) is 3.27. The molecule has 0 spiro atoms. The highest BCUT2D eigenvalue weighted by molar-refractivity contribution is 7.98. The van der Waals surface area contributed by atoms with Crippen molar-refractivity contribution in [1.82, 2.24) is 15.3 Å². The molecule has 0 aliphatic heterocycles. The number of carbonyl (C=O) groups is 1. The number of halogens is 4. The van der Waals surface area contributed by atoms with Crippen LogP contribution in [0, 0.1) is 0 Å². The summed E-state index contributed by atoms with van der Waals surface area (Å²) in [5.41, 5.74) is 4.65. The number of rotatable bonds is 8. The molecule has 23 heavy (non-hydrogen) atoms. The zero-order chi connectivity index (χ0) is 16.6. The second-order valence-electron chi connectivity index (χ2n) is 4.37. The lowest BCUT2D eigenvalue weighted by Crippen LogP contribution is -2.42. The van der Waals surface area contributed by atoms with Crippen LogP contribution in [0.15, 0.2) is 12.3 Å². The van der Waals surface area contributed by atoms with E-state index in [2.05, 4.69) is 20.6 Å². The van der Waals surface area contributed by atoms with Gasteiger partial charge < -0.3 is 16.4 Å². The van der Waals surface area contributed by atoms with Crippen molar-refractivity contribution >= 4 is 36.0 Å². The highest BCUT2D eigenvalue weighted by atomic mass is 35.5. The summed E-state index contributed by atoms with van der Waals surface area (Å²) in [5.74, 6) is 0.349. The first kappa shape index (κ1) is 21.7. The molecule has 0 unspecified atom stereocenters. The number of hydrogen-bond donors (Lipinski definition) is 3. The molecule has 132 valence electrons. The van der Waals surface area contributed by atoms with Crippen LogP contribution in [-0.4, -0.2) is 47.0 Å². The van der Waals surface area contributed by atoms with Gasteiger partial charge >= 0.3 is 6.18 Å². The minimum Gasteiger partial charge on any atom is -0.353 e. The van der Waals surface area contributed by atoms with Crippen molar-refractivity contribution in [2.45, 2.75) is 18.6 Å². The fourth-order valence-electron chi connectivity index (χ4n) is 1.47. The number of carbonyl (C=O) groups excluding carboxylic acids is 1. The van der Waals surface area contributed by atoms with E-state index in [0.29, 0.717) is 6.42 Å². The van der Waals surface area contributed by atoms with Gasteiger partial charge in [-0.05, 0) is 24.5 Å². The van der Waals surface area contributed by atoms with Gasteiger partial charge in [0.15, 0.2) is 0 Å². The van der Waals surface area contributed by atoms with Gasteiger partial charge in [0.2, 0.25) is 11.9 Å². The highest BCUT2D eigenvalue weighted by Gasteiger charge is 2.32. The van der Waals surface area contributed by atoms with Gasteiger partial charge in [-0.15, -0.1) is 12.4 Å². The summed E-state index contributed by atoms with van der Waals surface area (Å²) in [7, 11) is 0. The normalized spacial score (nSPS) is 12.2. The largest absolute Gasteiger partial charge is 0.433 e. The van der Waals surface area contributed by atoms with Crippen LogP contribution in [0.2, 0.25) is 0 Å². The predicted octanol–water partition coefficient (Wildman–Crippen LogP) is 1.53. The molecule has 1 atom stereocenters. The molecule has 6 nitrogen and oxygen atoms in total. The number of nitrogens with one attached hydrogen (secondary N) is 2. The maximum absolute atomic E-state index is 12.5. The second kappa shape index (κ2) is 10.5. The molecule has 1 heterocycles. The van der Waals surface area contributed by atoms with Crippen LogP contribution in [0.5, 0.6) is 0 Å². The van der Waals surface area contributed by atoms with E-state index in [4.69, 9.17) is 5.73 Å². The van der Waals surface area contributed by atoms with Crippen molar-refractivity contribution in [1.29, 1.82) is 0 Å². The predicted molar refractivity (Wildman–Crippen MR) is 86.8 cm³/mol. The number of nitrogens with two attached hydrogens (primary N) is 1. The van der Waals surface area contributed by atoms with Crippen LogP contribution < -0.4 is 16.4 Å². The summed E-state index contributed by atoms with van der Waals surface area (Å²) in [6.07, 6.45) is -1.01. The van der Waals surface area contributed by atoms with Gasteiger partial charge in [-0.2, -0.15) is 24.9 Å². The topological polar surface area (TPSA) is 92.9 Å². The van der Waals surface area contributed by atoms with Crippen molar-refractivity contribution in [3.05, 3.63) is 18.0 Å². The summed E-state index contributed by atoms with van der Waals surface area (Å²) in [5, 5.41) is 5.21. The van der Waals surface area contributed by atoms with Crippen LogP contribution in [0.1, 0.15) is 12.1 Å². The number of anilines is 1. The zero-order valence-corrected chi connectivity index (χ0v) is 14.0. The van der Waals surface area contributed by atoms with Crippen molar-refractivity contribution in [3.8, 4) is 0 Å². The summed E-state index contributed by atoms with van der Waals surface area (Å²) >= 11 is 1.60. The molecule has 0 radical (unpaired) electrons. The van der Waals surface area contributed by atoms with E-state index in [0.717, 1.165) is 18.0 Å². The lowest BCUT2D eigenvalue weighted by Gasteiger charge is -2.12. The van der Waals surface area contributed by atoms with Gasteiger partial charge in [0, 0.05) is 19.3 Å². The molecule has 0 bridgehead atoms. The van der Waals surface area contributed by atoms with Crippen LogP contribution in [0.3, 0.4) is 0 Å². The van der Waals surface area contributed by atoms with E-state index in [1.807, 2.05) is 6.26 Å². The van der Waals surface area contributed by atoms with Gasteiger partial charge in [-0.25, -0.2) is 9.97 Å². The minimum absolute atomic E-state index is 0. The molecule has 1 aromatic rings. The third kappa shape index (κ3) is 8.24. The molecule has 4 N–H and O–H groups in total. The lowest BCUT2D eigenvalue weighted by molar-refractivity contribution is -0.141. The Labute approximate surface area is 142 Å². The molecule has 0 saturated carbocycles. The van der Waals surface area contributed by atoms with Gasteiger partial charge in [0.1, 0.15) is 5.69 Å². The van der Waals surface area contributed by atoms with Gasteiger partial charge in [0.05, 0.1) is 6.04 Å². The Balaban J connectivity index is 0.00000484. The summed E-state index contributed by atoms with van der Waals surface area (Å²) in [6, 6.07) is 0.204. The fourth-order valence-corrected chi connectivity index (χ4v) is 1.96. The molecule has 0 aliphatic carbocycles. The van der Waals surface area contributed by atoms with Gasteiger partial charge in [-0.1, -0.05) is 0 Å².